The molecule has 0 spiro atoms. The average Bonchev–Trinajstić information content (AvgIpc) is 4.10. The van der Waals surface area contributed by atoms with Gasteiger partial charge in [-0.1, -0.05) is 80.4 Å². The Bertz CT molecular complexity index is 2240. The van der Waals surface area contributed by atoms with E-state index in [0.29, 0.717) is 42.9 Å². The van der Waals surface area contributed by atoms with Crippen molar-refractivity contribution in [3.63, 3.8) is 0 Å². The molecule has 0 aliphatic carbocycles. The van der Waals surface area contributed by atoms with E-state index in [9.17, 15) is 53.1 Å². The van der Waals surface area contributed by atoms with Crippen LogP contribution in [0.1, 0.15) is 146 Å². The monoisotopic (exact) mass is 1100 g/mol. The number of ether oxygens (including phenoxy) is 3. The second-order valence-corrected chi connectivity index (χ2v) is 22.6. The van der Waals surface area contributed by atoms with Gasteiger partial charge in [-0.15, -0.1) is 0 Å². The van der Waals surface area contributed by atoms with Crippen molar-refractivity contribution in [2.45, 2.75) is 201 Å². The lowest BCUT2D eigenvalue weighted by Crippen LogP contribution is -2.60. The number of ketones is 2. The number of hydrogen-bond acceptors (Lipinski definition) is 15. The number of primary amides is 1. The van der Waals surface area contributed by atoms with Gasteiger partial charge in [-0.2, -0.15) is 0 Å². The van der Waals surface area contributed by atoms with Crippen molar-refractivity contribution in [2.75, 3.05) is 34.3 Å². The molecule has 0 saturated carbocycles. The molecule has 6 amide bonds. The second kappa shape index (κ2) is 31.0. The fourth-order valence-corrected chi connectivity index (χ4v) is 10.0. The van der Waals surface area contributed by atoms with Crippen molar-refractivity contribution < 1.29 is 67.3 Å². The van der Waals surface area contributed by atoms with Crippen LogP contribution in [-0.4, -0.2) is 173 Å². The van der Waals surface area contributed by atoms with Crippen molar-refractivity contribution in [1.82, 2.24) is 30.2 Å². The quantitative estimate of drug-likeness (QED) is 0.0357. The molecule has 78 heavy (non-hydrogen) atoms. The topological polar surface area (TPSA) is 282 Å². The summed E-state index contributed by atoms with van der Waals surface area (Å²) in [5.74, 6) is -8.13. The molecule has 0 aromatic heterocycles. The largest absolute Gasteiger partial charge is 0.497 e. The molecule has 21 nitrogen and oxygen atoms in total. The van der Waals surface area contributed by atoms with Crippen LogP contribution < -0.4 is 21.1 Å². The van der Waals surface area contributed by atoms with E-state index >= 15 is 0 Å². The van der Waals surface area contributed by atoms with Gasteiger partial charge in [-0.25, -0.2) is 0 Å². The van der Waals surface area contributed by atoms with Gasteiger partial charge in [0, 0.05) is 33.5 Å². The summed E-state index contributed by atoms with van der Waals surface area (Å²) in [6, 6.07) is -0.202. The average molecular weight is 1100 g/mol. The van der Waals surface area contributed by atoms with Gasteiger partial charge in [0.05, 0.1) is 19.1 Å². The Labute approximate surface area is 461 Å². The summed E-state index contributed by atoms with van der Waals surface area (Å²) in [5, 5.41) is 17.7. The molecule has 1 aromatic rings. The van der Waals surface area contributed by atoms with E-state index in [1.165, 1.54) is 54.7 Å². The molecule has 2 saturated heterocycles. The maximum atomic E-state index is 14.6. The number of nitrogens with one attached hydrogen (secondary N) is 2. The van der Waals surface area contributed by atoms with Crippen LogP contribution in [0, 0.1) is 29.6 Å². The number of nitrogens with zero attached hydrogens (tertiary/aromatic N) is 4. The molecule has 11 atom stereocenters. The number of Topliss-reactive ketones (excluding diaryl/α,β-unsaturated/α-hetero) is 2. The molecular weight excluding hydrogens is 1010 g/mol. The smallest absolute Gasteiger partial charge is 0.324 e. The van der Waals surface area contributed by atoms with E-state index in [0.717, 1.165) is 19.8 Å². The summed E-state index contributed by atoms with van der Waals surface area (Å²) < 4.78 is 16.9. The molecular formula is C57H91N7O14. The molecule has 0 radical (unpaired) electrons. The summed E-state index contributed by atoms with van der Waals surface area (Å²) >= 11 is 0. The van der Waals surface area contributed by atoms with Crippen LogP contribution in [0.5, 0.6) is 5.75 Å². The molecule has 2 fully saturated rings. The first-order valence-corrected chi connectivity index (χ1v) is 27.8. The third-order valence-corrected chi connectivity index (χ3v) is 15.0. The van der Waals surface area contributed by atoms with Gasteiger partial charge < -0.3 is 50.4 Å². The van der Waals surface area contributed by atoms with Crippen LogP contribution in [0.4, 0.5) is 0 Å². The molecule has 3 unspecified atom stereocenters. The van der Waals surface area contributed by atoms with Gasteiger partial charge in [0.15, 0.2) is 11.9 Å². The molecule has 5 N–H and O–H groups in total. The summed E-state index contributed by atoms with van der Waals surface area (Å²) in [7, 11) is 4.39. The molecule has 3 rings (SSSR count). The number of rotatable bonds is 31. The van der Waals surface area contributed by atoms with Crippen LogP contribution >= 0.6 is 0 Å². The lowest BCUT2D eigenvalue weighted by Gasteiger charge is -2.39. The number of carbonyl (C=O) groups excluding carboxylic acids is 10. The third kappa shape index (κ3) is 18.6. The number of likely N-dealkylation sites (N-methyl/N-ethyl adjacent to an activating group) is 2. The van der Waals surface area contributed by atoms with E-state index in [2.05, 4.69) is 24.5 Å². The van der Waals surface area contributed by atoms with Crippen molar-refractivity contribution in [3.05, 3.63) is 29.8 Å². The summed E-state index contributed by atoms with van der Waals surface area (Å²) in [5.41, 5.74) is 6.48. The second-order valence-electron chi connectivity index (χ2n) is 22.6. The van der Waals surface area contributed by atoms with Crippen molar-refractivity contribution in [2.24, 2.45) is 35.3 Å². The molecule has 2 aliphatic heterocycles. The first-order chi connectivity index (χ1) is 36.6. The molecule has 0 bridgehead atoms. The van der Waals surface area contributed by atoms with Gasteiger partial charge in [0.25, 0.3) is 5.91 Å². The zero-order chi connectivity index (χ0) is 58.9. The number of aliphatic hydroxyl groups excluding tert-OH is 1. The van der Waals surface area contributed by atoms with Gasteiger partial charge >= 0.3 is 11.9 Å². The van der Waals surface area contributed by atoms with E-state index < -0.39 is 125 Å². The van der Waals surface area contributed by atoms with Gasteiger partial charge in [-0.05, 0) is 114 Å². The number of benzene rings is 1. The van der Waals surface area contributed by atoms with Crippen LogP contribution in [-0.2, 0) is 63.8 Å². The molecule has 438 valence electrons. The number of carbonyl (C=O) groups is 10. The molecule has 21 heteroatoms. The molecule has 2 heterocycles. The Morgan fingerprint density at radius 2 is 1.40 bits per heavy atom. The zero-order valence-corrected chi connectivity index (χ0v) is 48.7. The van der Waals surface area contributed by atoms with Crippen LogP contribution in [0.25, 0.3) is 0 Å². The maximum absolute atomic E-state index is 14.6. The lowest BCUT2D eigenvalue weighted by molar-refractivity contribution is -0.164. The van der Waals surface area contributed by atoms with Crippen molar-refractivity contribution in [1.29, 1.82) is 0 Å². The fourth-order valence-electron chi connectivity index (χ4n) is 10.0. The van der Waals surface area contributed by atoms with Gasteiger partial charge in [0.1, 0.15) is 48.3 Å². The minimum atomic E-state index is -1.61. The third-order valence-electron chi connectivity index (χ3n) is 15.0. The highest BCUT2D eigenvalue weighted by molar-refractivity contribution is 6.35. The number of esters is 2. The first-order valence-electron chi connectivity index (χ1n) is 27.8. The number of aliphatic hydroxyl groups is 1. The predicted molar refractivity (Wildman–Crippen MR) is 291 cm³/mol. The Morgan fingerprint density at radius 3 is 1.95 bits per heavy atom. The van der Waals surface area contributed by atoms with E-state index in [4.69, 9.17) is 19.9 Å². The highest BCUT2D eigenvalue weighted by Gasteiger charge is 2.45. The first kappa shape index (κ1) is 66.3. The number of amides is 6. The Kier molecular flexibility index (Phi) is 26.4. The number of methoxy groups -OCH3 is 1. The van der Waals surface area contributed by atoms with E-state index in [1.54, 1.807) is 38.1 Å². The van der Waals surface area contributed by atoms with Crippen LogP contribution in [0.3, 0.4) is 0 Å². The minimum absolute atomic E-state index is 0.0479. The Balaban J connectivity index is 1.88. The van der Waals surface area contributed by atoms with Crippen molar-refractivity contribution >= 4 is 58.9 Å². The van der Waals surface area contributed by atoms with E-state index in [-0.39, 0.29) is 57.0 Å². The number of hydrogen-bond donors (Lipinski definition) is 4. The SMILES string of the molecule is CC[C@H](C)CCCC(=O)OC(C(=O)[C@H](C)C(=O)N[C@@H](CC(C)C)C(=O)N1CCCC1C(O)N(C)[C@@H](Cc1ccc(OC)cc1)C(=O)O[C@H](C)[C@H](NC(=O)[C@@H](CC(C)C)N(C)C(=O)[C@@H]1CCCN1C(=O)C(C)=O)C(N)=O)C(C)C. The number of likely N-dealkylation sites (tertiary alicyclic amines) is 2. The summed E-state index contributed by atoms with van der Waals surface area (Å²) in [6.45, 7) is 19.4. The number of nitrogens with two attached hydrogens (primary N) is 1. The normalized spacial score (nSPS) is 19.0. The van der Waals surface area contributed by atoms with Gasteiger partial charge in [-0.3, -0.25) is 52.8 Å². The molecule has 1 aromatic carbocycles. The minimum Gasteiger partial charge on any atom is -0.497 e. The van der Waals surface area contributed by atoms with Crippen LogP contribution in [0.15, 0.2) is 24.3 Å². The summed E-state index contributed by atoms with van der Waals surface area (Å²) in [6.07, 6.45) is 0.300. The lowest BCUT2D eigenvalue weighted by atomic mass is 9.93. The Hall–Kier alpha value is -5.96. The summed E-state index contributed by atoms with van der Waals surface area (Å²) in [4.78, 5) is 141. The molecule has 2 aliphatic rings. The highest BCUT2D eigenvalue weighted by Crippen LogP contribution is 2.28. The fraction of sp³-hybridized carbons (Fsp3) is 0.719. The van der Waals surface area contributed by atoms with Crippen LogP contribution in [0.2, 0.25) is 0 Å². The highest BCUT2D eigenvalue weighted by atomic mass is 16.6. The standard InChI is InChI=1S/C57H91N7O14/c1-15-35(8)19-16-22-46(66)78-49(34(6)7)48(67)36(9)51(69)59-41(29-32(2)3)54(72)64-28-18-21-43(64)56(74)62(13)45(31-39-23-25-40(76-14)26-24-39)57(75)77-38(11)47(50(58)68)60-52(70)44(30-33(4)5)61(12)55(73)42-20-17-27-63(42)53(71)37(10)65/h23-26,32-36,38,41-45,47,49,56,74H,15-22,27-31H2,1-14H3,(H2,58,68)(H,59,69)(H,60,70)/t35-,36-,38+,41-,42-,43?,44+,45-,47-,49?,56?/m0/s1. The Morgan fingerprint density at radius 1 is 0.795 bits per heavy atom. The maximum Gasteiger partial charge on any atom is 0.324 e. The zero-order valence-electron chi connectivity index (χ0n) is 48.7. The van der Waals surface area contributed by atoms with E-state index in [1.807, 2.05) is 27.7 Å². The van der Waals surface area contributed by atoms with Crippen molar-refractivity contribution in [3.8, 4) is 5.75 Å². The predicted octanol–water partition coefficient (Wildman–Crippen LogP) is 3.72. The van der Waals surface area contributed by atoms with Gasteiger partial charge in [0.2, 0.25) is 35.3 Å².